The average molecular weight is 434 g/mol. The number of nitrogens with one attached hydrogen (secondary N) is 1. The number of hydrazine groups is 1. The lowest BCUT2D eigenvalue weighted by atomic mass is 10.2. The molecule has 11 heteroatoms. The van der Waals surface area contributed by atoms with Gasteiger partial charge in [-0.25, -0.2) is 14.6 Å². The van der Waals surface area contributed by atoms with Crippen LogP contribution in [0.5, 0.6) is 0 Å². The van der Waals surface area contributed by atoms with Crippen LogP contribution in [0.1, 0.15) is 12.6 Å². The minimum absolute atomic E-state index is 0.0995. The van der Waals surface area contributed by atoms with E-state index in [1.165, 1.54) is 22.2 Å². The number of rotatable bonds is 10. The summed E-state index contributed by atoms with van der Waals surface area (Å²) in [6.45, 7) is 3.67. The molecule has 0 bridgehead atoms. The molecule has 1 aliphatic rings. The summed E-state index contributed by atoms with van der Waals surface area (Å²) in [5.41, 5.74) is 9.74. The van der Waals surface area contributed by atoms with Crippen molar-refractivity contribution in [2.24, 2.45) is 5.73 Å². The second-order valence-corrected chi connectivity index (χ2v) is 7.00. The van der Waals surface area contributed by atoms with Gasteiger partial charge in [0.1, 0.15) is 18.2 Å². The maximum atomic E-state index is 14.9. The predicted molar refractivity (Wildman–Crippen MR) is 112 cm³/mol. The molecule has 0 aliphatic carbocycles. The molecule has 1 atom stereocenters. The Morgan fingerprint density at radius 1 is 1.39 bits per heavy atom. The highest BCUT2D eigenvalue weighted by Gasteiger charge is 2.32. The van der Waals surface area contributed by atoms with E-state index < -0.39 is 18.0 Å². The summed E-state index contributed by atoms with van der Waals surface area (Å²) in [5.74, 6) is -0.640. The number of carbonyl (C=O) groups excluding carboxylic acids is 2. The van der Waals surface area contributed by atoms with Crippen LogP contribution in [0.3, 0.4) is 0 Å². The van der Waals surface area contributed by atoms with Crippen LogP contribution in [0.2, 0.25) is 0 Å². The maximum Gasteiger partial charge on any atom is 0.414 e. The first-order valence-electron chi connectivity index (χ1n) is 10.1. The Morgan fingerprint density at radius 2 is 2.19 bits per heavy atom. The van der Waals surface area contributed by atoms with Crippen molar-refractivity contribution >= 4 is 23.4 Å². The lowest BCUT2D eigenvalue weighted by Gasteiger charge is -2.28. The monoisotopic (exact) mass is 434 g/mol. The average Bonchev–Trinajstić information content (AvgIpc) is 3.41. The van der Waals surface area contributed by atoms with Gasteiger partial charge >= 0.3 is 6.09 Å². The zero-order valence-electron chi connectivity index (χ0n) is 17.6. The van der Waals surface area contributed by atoms with Crippen molar-refractivity contribution in [1.29, 1.82) is 0 Å². The van der Waals surface area contributed by atoms with Gasteiger partial charge in [-0.2, -0.15) is 0 Å². The number of aromatic nitrogens is 1. The number of cyclic esters (lactones) is 1. The van der Waals surface area contributed by atoms with E-state index in [1.807, 2.05) is 11.8 Å². The van der Waals surface area contributed by atoms with Crippen LogP contribution < -0.4 is 21.0 Å². The summed E-state index contributed by atoms with van der Waals surface area (Å²) in [4.78, 5) is 27.6. The van der Waals surface area contributed by atoms with E-state index in [1.54, 1.807) is 25.2 Å². The summed E-state index contributed by atoms with van der Waals surface area (Å²) in [6, 6.07) is 6.24. The molecular formula is C20H27FN6O4. The molecule has 0 spiro atoms. The van der Waals surface area contributed by atoms with E-state index in [4.69, 9.17) is 15.0 Å². The number of nitrogens with two attached hydrogens (primary N) is 1. The molecule has 1 fully saturated rings. The second-order valence-electron chi connectivity index (χ2n) is 7.00. The standard InChI is InChI=1S/C20H27FN6O4/c1-3-25(7-8-27(23-2)19(28)10-14-6-9-30-24-14)18-5-4-15(11-17(18)21)26-13-16(12-22)31-20(26)29/h4-6,9,11,16,23H,3,7-8,10,12-13,22H2,1-2H3/t16-/m0/s1. The second kappa shape index (κ2) is 10.2. The Hall–Kier alpha value is -3.18. The van der Waals surface area contributed by atoms with Crippen molar-refractivity contribution in [2.45, 2.75) is 19.4 Å². The van der Waals surface area contributed by atoms with Crippen molar-refractivity contribution in [1.82, 2.24) is 15.6 Å². The maximum absolute atomic E-state index is 14.9. The Balaban J connectivity index is 1.64. The molecule has 0 saturated carbocycles. The summed E-state index contributed by atoms with van der Waals surface area (Å²) >= 11 is 0. The number of likely N-dealkylation sites (N-methyl/N-ethyl adjacent to an activating group) is 1. The quantitative estimate of drug-likeness (QED) is 0.535. The van der Waals surface area contributed by atoms with Crippen molar-refractivity contribution < 1.29 is 23.2 Å². The first-order chi connectivity index (χ1) is 15.0. The molecule has 3 rings (SSSR count). The number of nitrogens with zero attached hydrogens (tertiary/aromatic N) is 4. The highest BCUT2D eigenvalue weighted by molar-refractivity contribution is 5.90. The Bertz CT molecular complexity index is 894. The fourth-order valence-electron chi connectivity index (χ4n) is 3.39. The largest absolute Gasteiger partial charge is 0.443 e. The molecule has 2 heterocycles. The normalized spacial score (nSPS) is 15.8. The van der Waals surface area contributed by atoms with E-state index in [2.05, 4.69) is 10.6 Å². The van der Waals surface area contributed by atoms with Crippen LogP contribution in [0, 0.1) is 5.82 Å². The number of carbonyl (C=O) groups is 2. The van der Waals surface area contributed by atoms with Gasteiger partial charge in [0.25, 0.3) is 0 Å². The van der Waals surface area contributed by atoms with Crippen LogP contribution in [-0.2, 0) is 16.0 Å². The number of hydrogen-bond acceptors (Lipinski definition) is 8. The van der Waals surface area contributed by atoms with Gasteiger partial charge in [0.2, 0.25) is 5.91 Å². The van der Waals surface area contributed by atoms with Crippen LogP contribution in [0.4, 0.5) is 20.6 Å². The molecule has 1 aliphatic heterocycles. The first-order valence-corrected chi connectivity index (χ1v) is 10.1. The molecule has 10 nitrogen and oxygen atoms in total. The minimum Gasteiger partial charge on any atom is -0.443 e. The minimum atomic E-state index is -0.537. The van der Waals surface area contributed by atoms with Crippen molar-refractivity contribution in [3.05, 3.63) is 42.0 Å². The highest BCUT2D eigenvalue weighted by atomic mass is 19.1. The van der Waals surface area contributed by atoms with Gasteiger partial charge in [0, 0.05) is 32.7 Å². The summed E-state index contributed by atoms with van der Waals surface area (Å²) in [7, 11) is 1.65. The lowest BCUT2D eigenvalue weighted by molar-refractivity contribution is -0.133. The van der Waals surface area contributed by atoms with Gasteiger partial charge in [-0.1, -0.05) is 5.16 Å². The summed E-state index contributed by atoms with van der Waals surface area (Å²) in [6.07, 6.45) is 0.577. The molecule has 1 saturated heterocycles. The molecule has 31 heavy (non-hydrogen) atoms. The molecular weight excluding hydrogens is 407 g/mol. The van der Waals surface area contributed by atoms with Gasteiger partial charge in [0.05, 0.1) is 36.6 Å². The van der Waals surface area contributed by atoms with Crippen molar-refractivity contribution in [3.63, 3.8) is 0 Å². The number of anilines is 2. The highest BCUT2D eigenvalue weighted by Crippen LogP contribution is 2.27. The van der Waals surface area contributed by atoms with Gasteiger partial charge in [-0.15, -0.1) is 0 Å². The van der Waals surface area contributed by atoms with Crippen molar-refractivity contribution in [2.75, 3.05) is 49.6 Å². The third-order valence-electron chi connectivity index (χ3n) is 5.09. The lowest BCUT2D eigenvalue weighted by Crippen LogP contribution is -2.46. The van der Waals surface area contributed by atoms with E-state index in [9.17, 15) is 14.0 Å². The zero-order valence-corrected chi connectivity index (χ0v) is 17.6. The van der Waals surface area contributed by atoms with Gasteiger partial charge in [0.15, 0.2) is 0 Å². The number of ether oxygens (including phenoxy) is 1. The predicted octanol–water partition coefficient (Wildman–Crippen LogP) is 1.13. The third-order valence-corrected chi connectivity index (χ3v) is 5.09. The number of benzene rings is 1. The molecule has 2 aromatic rings. The van der Waals surface area contributed by atoms with Crippen LogP contribution in [-0.4, -0.2) is 68.0 Å². The molecule has 0 unspecified atom stereocenters. The molecule has 168 valence electrons. The van der Waals surface area contributed by atoms with Gasteiger partial charge in [-0.05, 0) is 25.1 Å². The van der Waals surface area contributed by atoms with E-state index >= 15 is 0 Å². The smallest absolute Gasteiger partial charge is 0.414 e. The van der Waals surface area contributed by atoms with Crippen LogP contribution in [0.25, 0.3) is 0 Å². The Morgan fingerprint density at radius 3 is 2.77 bits per heavy atom. The van der Waals surface area contributed by atoms with Gasteiger partial charge in [-0.3, -0.25) is 14.7 Å². The van der Waals surface area contributed by atoms with E-state index in [0.717, 1.165) is 0 Å². The number of amides is 2. The van der Waals surface area contributed by atoms with Crippen LogP contribution in [0.15, 0.2) is 35.1 Å². The fraction of sp³-hybridized carbons (Fsp3) is 0.450. The molecule has 3 N–H and O–H groups in total. The van der Waals surface area contributed by atoms with Crippen molar-refractivity contribution in [3.8, 4) is 0 Å². The zero-order chi connectivity index (χ0) is 22.4. The molecule has 1 aromatic heterocycles. The van der Waals surface area contributed by atoms with E-state index in [-0.39, 0.29) is 25.4 Å². The fourth-order valence-corrected chi connectivity index (χ4v) is 3.39. The van der Waals surface area contributed by atoms with Gasteiger partial charge < -0.3 is 19.9 Å². The molecule has 2 amide bonds. The molecule has 0 radical (unpaired) electrons. The SMILES string of the molecule is CCN(CCN(NC)C(=O)Cc1ccon1)c1ccc(N2C[C@H](CN)OC2=O)cc1F. The van der Waals surface area contributed by atoms with E-state index in [0.29, 0.717) is 36.7 Å². The topological polar surface area (TPSA) is 117 Å². The van der Waals surface area contributed by atoms with Crippen LogP contribution >= 0.6 is 0 Å². The summed E-state index contributed by atoms with van der Waals surface area (Å²) < 4.78 is 24.8. The number of halogens is 1. The third kappa shape index (κ3) is 5.30. The molecule has 1 aromatic carbocycles. The Kier molecular flexibility index (Phi) is 7.42. The Labute approximate surface area is 179 Å². The number of hydrogen-bond donors (Lipinski definition) is 2. The first kappa shape index (κ1) is 22.5. The summed E-state index contributed by atoms with van der Waals surface area (Å²) in [5, 5.41) is 5.20.